The summed E-state index contributed by atoms with van der Waals surface area (Å²) in [7, 11) is 0. The van der Waals surface area contributed by atoms with E-state index in [1.165, 1.54) is 0 Å². The summed E-state index contributed by atoms with van der Waals surface area (Å²) < 4.78 is 38.2. The first-order chi connectivity index (χ1) is 8.20. The van der Waals surface area contributed by atoms with Crippen LogP contribution >= 0.6 is 0 Å². The summed E-state index contributed by atoms with van der Waals surface area (Å²) in [6.45, 7) is 4.71. The molecule has 0 atom stereocenters. The van der Waals surface area contributed by atoms with Crippen LogP contribution in [0, 0.1) is 0 Å². The molecule has 0 radical (unpaired) electrons. The fourth-order valence-electron chi connectivity index (χ4n) is 2.37. The van der Waals surface area contributed by atoms with E-state index in [-0.39, 0.29) is 11.4 Å². The van der Waals surface area contributed by atoms with Crippen molar-refractivity contribution in [2.75, 3.05) is 17.2 Å². The van der Waals surface area contributed by atoms with Crippen molar-refractivity contribution in [2.24, 2.45) is 0 Å². The highest BCUT2D eigenvalue weighted by Crippen LogP contribution is 2.36. The molecule has 0 unspecified atom stereocenters. The van der Waals surface area contributed by atoms with Gasteiger partial charge in [0.05, 0.1) is 5.56 Å². The average Bonchev–Trinajstić information content (AvgIpc) is 2.55. The molecule has 1 aliphatic rings. The summed E-state index contributed by atoms with van der Waals surface area (Å²) in [5, 5.41) is 0. The molecule has 1 aromatic rings. The summed E-state index contributed by atoms with van der Waals surface area (Å²) in [5.74, 6) is 0.215. The number of rotatable bonds is 1. The van der Waals surface area contributed by atoms with Gasteiger partial charge in [0.2, 0.25) is 0 Å². The van der Waals surface area contributed by atoms with Crippen molar-refractivity contribution in [2.45, 2.75) is 38.4 Å². The van der Waals surface area contributed by atoms with Gasteiger partial charge in [-0.25, -0.2) is 4.98 Å². The van der Waals surface area contributed by atoms with E-state index in [4.69, 9.17) is 5.73 Å². The first kappa shape index (κ1) is 13.0. The number of nitrogens with two attached hydrogens (primary N) is 1. The number of aromatic nitrogens is 1. The van der Waals surface area contributed by atoms with Crippen molar-refractivity contribution in [3.63, 3.8) is 0 Å². The molecule has 1 aliphatic heterocycles. The van der Waals surface area contributed by atoms with Crippen LogP contribution in [0.15, 0.2) is 12.1 Å². The normalized spacial score (nSPS) is 19.3. The Morgan fingerprint density at radius 3 is 2.50 bits per heavy atom. The second kappa shape index (κ2) is 4.03. The summed E-state index contributed by atoms with van der Waals surface area (Å²) in [6.07, 6.45) is -2.51. The van der Waals surface area contributed by atoms with Gasteiger partial charge in [-0.2, -0.15) is 13.2 Å². The average molecular weight is 259 g/mol. The molecule has 3 nitrogen and oxygen atoms in total. The van der Waals surface area contributed by atoms with Crippen molar-refractivity contribution in [3.8, 4) is 0 Å². The standard InChI is InChI=1S/C12H16F3N3/c1-11(2)4-3-5-18(11)10-7-8(12(13,14)15)6-9(16)17-10/h6-7H,3-5H2,1-2H3,(H2,16,17). The minimum atomic E-state index is -4.39. The van der Waals surface area contributed by atoms with Crippen LogP contribution in [0.4, 0.5) is 24.8 Å². The zero-order valence-corrected chi connectivity index (χ0v) is 10.4. The van der Waals surface area contributed by atoms with Crippen LogP contribution in [-0.4, -0.2) is 17.1 Å². The van der Waals surface area contributed by atoms with Gasteiger partial charge in [-0.15, -0.1) is 0 Å². The van der Waals surface area contributed by atoms with Crippen molar-refractivity contribution < 1.29 is 13.2 Å². The van der Waals surface area contributed by atoms with Gasteiger partial charge in [0.1, 0.15) is 11.6 Å². The van der Waals surface area contributed by atoms with Crippen molar-refractivity contribution in [3.05, 3.63) is 17.7 Å². The lowest BCUT2D eigenvalue weighted by Crippen LogP contribution is -2.38. The lowest BCUT2D eigenvalue weighted by molar-refractivity contribution is -0.137. The number of hydrogen-bond acceptors (Lipinski definition) is 3. The Morgan fingerprint density at radius 2 is 2.00 bits per heavy atom. The van der Waals surface area contributed by atoms with Crippen molar-refractivity contribution in [1.82, 2.24) is 4.98 Å². The molecule has 0 aliphatic carbocycles. The lowest BCUT2D eigenvalue weighted by atomic mass is 10.0. The predicted molar refractivity (Wildman–Crippen MR) is 64.3 cm³/mol. The highest BCUT2D eigenvalue weighted by atomic mass is 19.4. The Kier molecular flexibility index (Phi) is 2.91. The van der Waals surface area contributed by atoms with Crippen LogP contribution in [-0.2, 0) is 6.18 Å². The van der Waals surface area contributed by atoms with E-state index < -0.39 is 11.7 Å². The molecule has 0 saturated carbocycles. The number of pyridine rings is 1. The smallest absolute Gasteiger partial charge is 0.384 e. The maximum Gasteiger partial charge on any atom is 0.416 e. The molecule has 2 N–H and O–H groups in total. The molecule has 2 heterocycles. The fourth-order valence-corrected chi connectivity index (χ4v) is 2.37. The number of nitrogen functional groups attached to an aromatic ring is 1. The molecule has 0 amide bonds. The van der Waals surface area contributed by atoms with Gasteiger partial charge >= 0.3 is 6.18 Å². The van der Waals surface area contributed by atoms with Crippen LogP contribution < -0.4 is 10.6 Å². The van der Waals surface area contributed by atoms with Gasteiger partial charge in [0.15, 0.2) is 0 Å². The van der Waals surface area contributed by atoms with E-state index >= 15 is 0 Å². The number of hydrogen-bond donors (Lipinski definition) is 1. The Morgan fingerprint density at radius 1 is 1.33 bits per heavy atom. The molecule has 0 aromatic carbocycles. The molecule has 1 aromatic heterocycles. The topological polar surface area (TPSA) is 42.1 Å². The molecule has 0 bridgehead atoms. The highest BCUT2D eigenvalue weighted by Gasteiger charge is 2.36. The van der Waals surface area contributed by atoms with Gasteiger partial charge in [-0.1, -0.05) is 0 Å². The Bertz CT molecular complexity index is 454. The SMILES string of the molecule is CC1(C)CCCN1c1cc(C(F)(F)F)cc(N)n1. The largest absolute Gasteiger partial charge is 0.416 e. The quantitative estimate of drug-likeness (QED) is 0.842. The molecule has 6 heteroatoms. The Balaban J connectivity index is 2.43. The maximum atomic E-state index is 12.7. The van der Waals surface area contributed by atoms with Crippen molar-refractivity contribution in [1.29, 1.82) is 0 Å². The first-order valence-corrected chi connectivity index (χ1v) is 5.82. The minimum absolute atomic E-state index is 0.0949. The zero-order valence-electron chi connectivity index (χ0n) is 10.4. The predicted octanol–water partition coefficient (Wildman–Crippen LogP) is 3.06. The van der Waals surface area contributed by atoms with Crippen LogP contribution in [0.5, 0.6) is 0 Å². The summed E-state index contributed by atoms with van der Waals surface area (Å²) >= 11 is 0. The van der Waals surface area contributed by atoms with Gasteiger partial charge in [0.25, 0.3) is 0 Å². The van der Waals surface area contributed by atoms with Crippen LogP contribution in [0.1, 0.15) is 32.3 Å². The molecular weight excluding hydrogens is 243 g/mol. The summed E-state index contributed by atoms with van der Waals surface area (Å²) in [4.78, 5) is 5.92. The van der Waals surface area contributed by atoms with Crippen LogP contribution in [0.25, 0.3) is 0 Å². The third-order valence-electron chi connectivity index (χ3n) is 3.34. The van der Waals surface area contributed by atoms with E-state index in [0.717, 1.165) is 25.0 Å². The molecule has 0 spiro atoms. The Labute approximate surface area is 104 Å². The second-order valence-corrected chi connectivity index (χ2v) is 5.20. The van der Waals surface area contributed by atoms with Gasteiger partial charge in [-0.05, 0) is 38.8 Å². The number of halogens is 3. The first-order valence-electron chi connectivity index (χ1n) is 5.82. The van der Waals surface area contributed by atoms with Gasteiger partial charge in [-0.3, -0.25) is 0 Å². The Hall–Kier alpha value is -1.46. The number of anilines is 2. The number of nitrogens with zero attached hydrogens (tertiary/aromatic N) is 2. The van der Waals surface area contributed by atoms with Gasteiger partial charge in [0, 0.05) is 12.1 Å². The van der Waals surface area contributed by atoms with E-state index in [9.17, 15) is 13.2 Å². The van der Waals surface area contributed by atoms with E-state index in [1.54, 1.807) is 0 Å². The third-order valence-corrected chi connectivity index (χ3v) is 3.34. The molecule has 1 fully saturated rings. The van der Waals surface area contributed by atoms with Gasteiger partial charge < -0.3 is 10.6 Å². The highest BCUT2D eigenvalue weighted by molar-refractivity contribution is 5.51. The monoisotopic (exact) mass is 259 g/mol. The lowest BCUT2D eigenvalue weighted by Gasteiger charge is -2.33. The number of alkyl halides is 3. The third kappa shape index (κ3) is 2.37. The minimum Gasteiger partial charge on any atom is -0.384 e. The van der Waals surface area contributed by atoms with E-state index in [2.05, 4.69) is 4.98 Å². The second-order valence-electron chi connectivity index (χ2n) is 5.20. The van der Waals surface area contributed by atoms with Crippen molar-refractivity contribution >= 4 is 11.6 Å². The summed E-state index contributed by atoms with van der Waals surface area (Å²) in [6, 6.07) is 1.94. The molecular formula is C12H16F3N3. The van der Waals surface area contributed by atoms with Crippen LogP contribution in [0.3, 0.4) is 0 Å². The van der Waals surface area contributed by atoms with Crippen LogP contribution in [0.2, 0.25) is 0 Å². The fraction of sp³-hybridized carbons (Fsp3) is 0.583. The van der Waals surface area contributed by atoms with E-state index in [0.29, 0.717) is 12.4 Å². The molecule has 100 valence electrons. The molecule has 1 saturated heterocycles. The zero-order chi connectivity index (χ0) is 13.6. The summed E-state index contributed by atoms with van der Waals surface area (Å²) in [5.41, 5.74) is 4.55. The molecule has 18 heavy (non-hydrogen) atoms. The molecule has 2 rings (SSSR count). The maximum absolute atomic E-state index is 12.7. The van der Waals surface area contributed by atoms with E-state index in [1.807, 2.05) is 18.7 Å².